The van der Waals surface area contributed by atoms with Crippen LogP contribution in [-0.4, -0.2) is 17.0 Å². The van der Waals surface area contributed by atoms with Crippen molar-refractivity contribution in [1.29, 1.82) is 0 Å². The molecule has 1 aromatic carbocycles. The molecule has 3 unspecified atom stereocenters. The molecule has 39 heavy (non-hydrogen) atoms. The molecule has 1 amide bonds. The standard InChI is InChI=1S/C29H31F6NO3/c1-26-11-9-15(25(38)39)13-16(26)3-5-18-19-7-8-22(27(19,2)12-10-20(18)26)24(37)36-23-14-17(28(30,31)32)4-6-21(23)29(33,34)35/h3-4,6,13-14,18-20,22H,5,7-12H2,1-2H3,(H,36,37)(H,38,39)/t18?,19?,20?,22-,26+,27+/m1/s1. The van der Waals surface area contributed by atoms with Crippen LogP contribution in [0.25, 0.3) is 0 Å². The molecule has 0 aliphatic heterocycles. The van der Waals surface area contributed by atoms with Gasteiger partial charge in [-0.2, -0.15) is 26.3 Å². The Kier molecular flexibility index (Phi) is 6.50. The predicted octanol–water partition coefficient (Wildman–Crippen LogP) is 7.86. The number of carbonyl (C=O) groups excluding carboxylic acids is 1. The van der Waals surface area contributed by atoms with Crippen LogP contribution >= 0.6 is 0 Å². The SMILES string of the molecule is C[C@]12CCC(C(=O)O)=CC1=CCC1C2CC[C@@]2(C)C1CC[C@@H]2C(=O)Nc1cc(C(F)(F)F)ccc1C(F)(F)F. The van der Waals surface area contributed by atoms with E-state index in [9.17, 15) is 41.0 Å². The molecule has 2 N–H and O–H groups in total. The number of allylic oxidation sites excluding steroid dienone is 3. The van der Waals surface area contributed by atoms with E-state index in [-0.39, 0.29) is 17.3 Å². The number of hydrogen-bond donors (Lipinski definition) is 2. The quantitative estimate of drug-likeness (QED) is 0.373. The van der Waals surface area contributed by atoms with Gasteiger partial charge in [0, 0.05) is 11.5 Å². The molecule has 0 radical (unpaired) electrons. The molecule has 10 heteroatoms. The van der Waals surface area contributed by atoms with E-state index in [0.717, 1.165) is 24.8 Å². The zero-order chi connectivity index (χ0) is 28.5. The van der Waals surface area contributed by atoms with Crippen molar-refractivity contribution in [2.75, 3.05) is 5.32 Å². The van der Waals surface area contributed by atoms with Crippen LogP contribution in [0.15, 0.2) is 41.5 Å². The summed E-state index contributed by atoms with van der Waals surface area (Å²) in [5.74, 6) is -1.53. The van der Waals surface area contributed by atoms with Gasteiger partial charge < -0.3 is 10.4 Å². The summed E-state index contributed by atoms with van der Waals surface area (Å²) in [5.41, 5.74) is -2.66. The Morgan fingerprint density at radius 2 is 1.69 bits per heavy atom. The second-order valence-corrected chi connectivity index (χ2v) is 12.1. The first-order valence-corrected chi connectivity index (χ1v) is 13.3. The number of fused-ring (bicyclic) bond motifs is 5. The maximum atomic E-state index is 13.6. The van der Waals surface area contributed by atoms with Gasteiger partial charge in [0.1, 0.15) is 0 Å². The van der Waals surface area contributed by atoms with Crippen LogP contribution in [0.4, 0.5) is 32.0 Å². The summed E-state index contributed by atoms with van der Waals surface area (Å²) >= 11 is 0. The van der Waals surface area contributed by atoms with Crippen LogP contribution in [0.1, 0.15) is 69.9 Å². The molecule has 1 aromatic rings. The molecule has 4 aliphatic rings. The highest BCUT2D eigenvalue weighted by molar-refractivity contribution is 5.94. The molecule has 4 nitrogen and oxygen atoms in total. The van der Waals surface area contributed by atoms with Gasteiger partial charge in [0.2, 0.25) is 5.91 Å². The van der Waals surface area contributed by atoms with Gasteiger partial charge in [-0.1, -0.05) is 19.9 Å². The normalized spacial score (nSPS) is 34.3. The summed E-state index contributed by atoms with van der Waals surface area (Å²) in [6.45, 7) is 4.17. The zero-order valence-electron chi connectivity index (χ0n) is 21.7. The van der Waals surface area contributed by atoms with Gasteiger partial charge in [0.05, 0.1) is 16.8 Å². The Balaban J connectivity index is 1.40. The van der Waals surface area contributed by atoms with Crippen molar-refractivity contribution in [3.63, 3.8) is 0 Å². The number of carboxylic acids is 1. The molecule has 0 heterocycles. The van der Waals surface area contributed by atoms with Gasteiger partial charge in [0.25, 0.3) is 0 Å². The third-order valence-electron chi connectivity index (χ3n) is 10.3. The Morgan fingerprint density at radius 3 is 2.33 bits per heavy atom. The van der Waals surface area contributed by atoms with E-state index in [4.69, 9.17) is 0 Å². The molecule has 5 rings (SSSR count). The lowest BCUT2D eigenvalue weighted by atomic mass is 9.48. The predicted molar refractivity (Wildman–Crippen MR) is 131 cm³/mol. The highest BCUT2D eigenvalue weighted by Crippen LogP contribution is 2.66. The maximum absolute atomic E-state index is 13.6. The molecule has 4 aliphatic carbocycles. The van der Waals surface area contributed by atoms with Gasteiger partial charge in [-0.3, -0.25) is 4.79 Å². The molecular weight excluding hydrogens is 524 g/mol. The molecule has 2 fully saturated rings. The van der Waals surface area contributed by atoms with Crippen LogP contribution in [0.5, 0.6) is 0 Å². The number of anilines is 1. The molecule has 6 atom stereocenters. The number of alkyl halides is 6. The van der Waals surface area contributed by atoms with Crippen LogP contribution in [0.2, 0.25) is 0 Å². The van der Waals surface area contributed by atoms with Gasteiger partial charge in [0.15, 0.2) is 0 Å². The lowest BCUT2D eigenvalue weighted by Crippen LogP contribution is -2.50. The number of carbonyl (C=O) groups is 2. The van der Waals surface area contributed by atoms with Crippen molar-refractivity contribution < 1.29 is 41.0 Å². The first-order valence-electron chi connectivity index (χ1n) is 13.3. The fraction of sp³-hybridized carbons (Fsp3) is 0.586. The summed E-state index contributed by atoms with van der Waals surface area (Å²) in [4.78, 5) is 25.0. The number of halogens is 6. The number of rotatable bonds is 3. The van der Waals surface area contributed by atoms with E-state index in [1.165, 1.54) is 0 Å². The minimum atomic E-state index is -4.93. The summed E-state index contributed by atoms with van der Waals surface area (Å²) in [6, 6.07) is 1.10. The number of carboxylic acid groups (broad SMARTS) is 1. The van der Waals surface area contributed by atoms with E-state index >= 15 is 0 Å². The fourth-order valence-electron chi connectivity index (χ4n) is 8.22. The number of amides is 1. The zero-order valence-corrected chi connectivity index (χ0v) is 21.7. The largest absolute Gasteiger partial charge is 0.478 e. The number of nitrogens with one attached hydrogen (secondary N) is 1. The lowest BCUT2D eigenvalue weighted by molar-refractivity contribution is -0.141. The molecule has 0 bridgehead atoms. The van der Waals surface area contributed by atoms with E-state index in [1.807, 2.05) is 6.92 Å². The number of benzene rings is 1. The molecule has 0 saturated heterocycles. The average Bonchev–Trinajstić information content (AvgIpc) is 3.19. The van der Waals surface area contributed by atoms with Crippen molar-refractivity contribution in [3.8, 4) is 0 Å². The fourth-order valence-corrected chi connectivity index (χ4v) is 8.22. The Bertz CT molecular complexity index is 1260. The summed E-state index contributed by atoms with van der Waals surface area (Å²) in [5, 5.41) is 11.7. The maximum Gasteiger partial charge on any atom is 0.418 e. The Hall–Kier alpha value is -2.78. The van der Waals surface area contributed by atoms with Crippen molar-refractivity contribution in [3.05, 3.63) is 52.6 Å². The summed E-state index contributed by atoms with van der Waals surface area (Å²) in [7, 11) is 0. The van der Waals surface area contributed by atoms with Gasteiger partial charge in [-0.15, -0.1) is 0 Å². The highest BCUT2D eigenvalue weighted by Gasteiger charge is 2.59. The minimum Gasteiger partial charge on any atom is -0.478 e. The van der Waals surface area contributed by atoms with Crippen molar-refractivity contribution in [2.45, 2.75) is 71.1 Å². The lowest BCUT2D eigenvalue weighted by Gasteiger charge is -2.56. The van der Waals surface area contributed by atoms with Crippen LogP contribution in [0, 0.1) is 34.5 Å². The van der Waals surface area contributed by atoms with Crippen LogP contribution in [0.3, 0.4) is 0 Å². The first-order chi connectivity index (χ1) is 18.1. The monoisotopic (exact) mass is 555 g/mol. The van der Waals surface area contributed by atoms with Gasteiger partial charge in [-0.05, 0) is 103 Å². The second kappa shape index (κ2) is 9.13. The van der Waals surface area contributed by atoms with Gasteiger partial charge in [-0.25, -0.2) is 4.79 Å². The number of hydrogen-bond acceptors (Lipinski definition) is 2. The third kappa shape index (κ3) is 4.57. The molecule has 212 valence electrons. The molecule has 0 spiro atoms. The van der Waals surface area contributed by atoms with E-state index in [2.05, 4.69) is 18.3 Å². The first kappa shape index (κ1) is 27.8. The van der Waals surface area contributed by atoms with E-state index in [0.29, 0.717) is 55.4 Å². The second-order valence-electron chi connectivity index (χ2n) is 12.1. The van der Waals surface area contributed by atoms with E-state index < -0.39 is 52.4 Å². The smallest absolute Gasteiger partial charge is 0.418 e. The summed E-state index contributed by atoms with van der Waals surface area (Å²) < 4.78 is 80.6. The van der Waals surface area contributed by atoms with Crippen LogP contribution < -0.4 is 5.32 Å². The van der Waals surface area contributed by atoms with Crippen molar-refractivity contribution >= 4 is 17.6 Å². The molecule has 2 saturated carbocycles. The van der Waals surface area contributed by atoms with E-state index in [1.54, 1.807) is 6.08 Å². The van der Waals surface area contributed by atoms with Crippen molar-refractivity contribution in [1.82, 2.24) is 0 Å². The minimum absolute atomic E-state index is 0.134. The van der Waals surface area contributed by atoms with Crippen LogP contribution in [-0.2, 0) is 21.9 Å². The summed E-state index contributed by atoms with van der Waals surface area (Å²) in [6.07, 6.45) is -1.30. The molecular formula is C29H31F6NO3. The average molecular weight is 556 g/mol. The molecule has 0 aromatic heterocycles. The topological polar surface area (TPSA) is 66.4 Å². The van der Waals surface area contributed by atoms with Gasteiger partial charge >= 0.3 is 18.3 Å². The third-order valence-corrected chi connectivity index (χ3v) is 10.3. The highest BCUT2D eigenvalue weighted by atomic mass is 19.4. The number of aliphatic carboxylic acids is 1. The Morgan fingerprint density at radius 1 is 0.974 bits per heavy atom. The Labute approximate surface area is 222 Å². The van der Waals surface area contributed by atoms with Crippen molar-refractivity contribution in [2.24, 2.45) is 34.5 Å².